The first kappa shape index (κ1) is 30.1. The van der Waals surface area contributed by atoms with Gasteiger partial charge in [-0.1, -0.05) is 43.7 Å². The van der Waals surface area contributed by atoms with E-state index >= 15 is 0 Å². The van der Waals surface area contributed by atoms with Gasteiger partial charge in [-0.05, 0) is 74.8 Å². The van der Waals surface area contributed by atoms with Crippen molar-refractivity contribution in [2.24, 2.45) is 5.92 Å². The van der Waals surface area contributed by atoms with Crippen LogP contribution in [-0.2, 0) is 25.0 Å². The molecule has 1 saturated carbocycles. The van der Waals surface area contributed by atoms with Gasteiger partial charge in [-0.15, -0.1) is 0 Å². The number of alkyl halides is 3. The largest absolute Gasteiger partial charge is 0.490 e. The number of carboxylic acids is 1. The molecule has 0 saturated heterocycles. The van der Waals surface area contributed by atoms with Crippen LogP contribution < -0.4 is 10.0 Å². The van der Waals surface area contributed by atoms with Crippen molar-refractivity contribution in [2.45, 2.75) is 70.4 Å². The van der Waals surface area contributed by atoms with Crippen LogP contribution in [0.15, 0.2) is 41.3 Å². The summed E-state index contributed by atoms with van der Waals surface area (Å²) in [7, 11) is -3.69. The fourth-order valence-electron chi connectivity index (χ4n) is 4.07. The Bertz CT molecular complexity index is 1210. The van der Waals surface area contributed by atoms with Crippen molar-refractivity contribution in [2.75, 3.05) is 11.3 Å². The second kappa shape index (κ2) is 11.5. The van der Waals surface area contributed by atoms with Gasteiger partial charge in [-0.3, -0.25) is 9.52 Å². The van der Waals surface area contributed by atoms with E-state index in [2.05, 4.69) is 23.9 Å². The standard InChI is InChI=1S/C24H32N2O3S.C2HF3O2/c1-16(2)10-13-25-23(27)24(11-12-24)20-6-8-21(9-7-20)26-30(28,29)22-18(4)14-17(3)15-19(22)5;3-2(4,5)1(6)7/h6-9,14-16,26H,10-13H2,1-5H3,(H,25,27);(H,6,7). The molecule has 7 nitrogen and oxygen atoms in total. The van der Waals surface area contributed by atoms with Crippen molar-refractivity contribution in [1.82, 2.24) is 5.32 Å². The molecule has 3 rings (SSSR count). The summed E-state index contributed by atoms with van der Waals surface area (Å²) in [6.07, 6.45) is -2.47. The normalized spacial score (nSPS) is 14.4. The van der Waals surface area contributed by atoms with Gasteiger partial charge >= 0.3 is 12.1 Å². The van der Waals surface area contributed by atoms with Crippen LogP contribution in [0.1, 0.15) is 55.4 Å². The fraction of sp³-hybridized carbons (Fsp3) is 0.462. The number of amides is 1. The highest BCUT2D eigenvalue weighted by atomic mass is 32.2. The Morgan fingerprint density at radius 3 is 1.92 bits per heavy atom. The summed E-state index contributed by atoms with van der Waals surface area (Å²) in [5, 5.41) is 10.2. The van der Waals surface area contributed by atoms with E-state index in [4.69, 9.17) is 9.90 Å². The van der Waals surface area contributed by atoms with E-state index in [1.807, 2.05) is 45.0 Å². The minimum Gasteiger partial charge on any atom is -0.475 e. The zero-order chi connectivity index (χ0) is 28.2. The monoisotopic (exact) mass is 542 g/mol. The van der Waals surface area contributed by atoms with Gasteiger partial charge in [0.1, 0.15) is 0 Å². The van der Waals surface area contributed by atoms with Crippen LogP contribution in [0.2, 0.25) is 0 Å². The first-order chi connectivity index (χ1) is 17.0. The number of anilines is 1. The topological polar surface area (TPSA) is 113 Å². The second-order valence-electron chi connectivity index (χ2n) is 9.73. The van der Waals surface area contributed by atoms with E-state index in [1.54, 1.807) is 12.1 Å². The Morgan fingerprint density at radius 2 is 1.51 bits per heavy atom. The molecular weight excluding hydrogens is 509 g/mol. The summed E-state index contributed by atoms with van der Waals surface area (Å²) < 4.78 is 60.3. The number of carbonyl (C=O) groups excluding carboxylic acids is 1. The van der Waals surface area contributed by atoms with E-state index in [1.165, 1.54) is 0 Å². The van der Waals surface area contributed by atoms with Crippen LogP contribution in [0.25, 0.3) is 0 Å². The maximum absolute atomic E-state index is 13.0. The van der Waals surface area contributed by atoms with E-state index in [0.29, 0.717) is 23.0 Å². The van der Waals surface area contributed by atoms with Crippen molar-refractivity contribution in [3.63, 3.8) is 0 Å². The number of benzene rings is 2. The van der Waals surface area contributed by atoms with Crippen LogP contribution in [-0.4, -0.2) is 38.1 Å². The maximum Gasteiger partial charge on any atom is 0.490 e. The smallest absolute Gasteiger partial charge is 0.475 e. The lowest BCUT2D eigenvalue weighted by molar-refractivity contribution is -0.192. The number of sulfonamides is 1. The minimum absolute atomic E-state index is 0.0717. The number of carbonyl (C=O) groups is 2. The molecule has 0 aliphatic heterocycles. The number of halogens is 3. The van der Waals surface area contributed by atoms with E-state index in [0.717, 1.165) is 41.5 Å². The molecule has 1 amide bonds. The van der Waals surface area contributed by atoms with Crippen LogP contribution in [0.3, 0.4) is 0 Å². The molecule has 0 heterocycles. The summed E-state index contributed by atoms with van der Waals surface area (Å²) in [5.41, 5.74) is 3.47. The third kappa shape index (κ3) is 7.95. The Morgan fingerprint density at radius 1 is 1.03 bits per heavy atom. The number of hydrogen-bond acceptors (Lipinski definition) is 4. The molecule has 1 fully saturated rings. The minimum atomic E-state index is -5.08. The lowest BCUT2D eigenvalue weighted by atomic mass is 9.94. The van der Waals surface area contributed by atoms with Crippen LogP contribution in [0, 0.1) is 26.7 Å². The highest BCUT2D eigenvalue weighted by molar-refractivity contribution is 7.92. The number of aliphatic carboxylic acids is 1. The number of hydrogen-bond donors (Lipinski definition) is 3. The zero-order valence-corrected chi connectivity index (χ0v) is 22.3. The van der Waals surface area contributed by atoms with Gasteiger partial charge in [0.15, 0.2) is 0 Å². The SMILES string of the molecule is Cc1cc(C)c(S(=O)(=O)Nc2ccc(C3(C(=O)NCCC(C)C)CC3)cc2)c(C)c1.O=C(O)C(F)(F)F. The molecule has 0 atom stereocenters. The molecule has 37 heavy (non-hydrogen) atoms. The van der Waals surface area contributed by atoms with Crippen molar-refractivity contribution in [1.29, 1.82) is 0 Å². The van der Waals surface area contributed by atoms with Gasteiger partial charge in [0.05, 0.1) is 10.3 Å². The van der Waals surface area contributed by atoms with Crippen molar-refractivity contribution >= 4 is 27.6 Å². The third-order valence-corrected chi connectivity index (χ3v) is 7.68. The molecule has 1 aliphatic rings. The Balaban J connectivity index is 0.000000604. The fourth-order valence-corrected chi connectivity index (χ4v) is 5.58. The predicted octanol–water partition coefficient (Wildman–Crippen LogP) is 5.24. The van der Waals surface area contributed by atoms with Crippen molar-refractivity contribution in [3.05, 3.63) is 58.7 Å². The van der Waals surface area contributed by atoms with Gasteiger partial charge in [0.2, 0.25) is 5.91 Å². The molecule has 3 N–H and O–H groups in total. The molecule has 0 aromatic heterocycles. The number of carboxylic acid groups (broad SMARTS) is 1. The van der Waals surface area contributed by atoms with E-state index < -0.39 is 27.6 Å². The molecule has 0 spiro atoms. The molecule has 2 aromatic carbocycles. The van der Waals surface area contributed by atoms with Gasteiger partial charge in [0, 0.05) is 12.2 Å². The second-order valence-corrected chi connectivity index (χ2v) is 11.4. The molecule has 0 radical (unpaired) electrons. The molecule has 204 valence electrons. The summed E-state index contributed by atoms with van der Waals surface area (Å²) in [4.78, 5) is 21.9. The van der Waals surface area contributed by atoms with Gasteiger partial charge < -0.3 is 10.4 Å². The lowest BCUT2D eigenvalue weighted by Crippen LogP contribution is -2.35. The summed E-state index contributed by atoms with van der Waals surface area (Å²) in [5.74, 6) is -2.14. The van der Waals surface area contributed by atoms with Gasteiger partial charge in [-0.25, -0.2) is 13.2 Å². The summed E-state index contributed by atoms with van der Waals surface area (Å²) in [6.45, 7) is 10.5. The summed E-state index contributed by atoms with van der Waals surface area (Å²) in [6, 6.07) is 11.0. The Hall–Kier alpha value is -3.08. The molecule has 0 unspecified atom stereocenters. The highest BCUT2D eigenvalue weighted by Gasteiger charge is 2.51. The summed E-state index contributed by atoms with van der Waals surface area (Å²) >= 11 is 0. The highest BCUT2D eigenvalue weighted by Crippen LogP contribution is 2.48. The molecule has 2 aromatic rings. The van der Waals surface area contributed by atoms with Crippen LogP contribution in [0.4, 0.5) is 18.9 Å². The van der Waals surface area contributed by atoms with E-state index in [-0.39, 0.29) is 5.91 Å². The first-order valence-corrected chi connectivity index (χ1v) is 13.3. The number of aryl methyl sites for hydroxylation is 3. The zero-order valence-electron chi connectivity index (χ0n) is 21.5. The average molecular weight is 543 g/mol. The lowest BCUT2D eigenvalue weighted by Gasteiger charge is -2.18. The van der Waals surface area contributed by atoms with Crippen molar-refractivity contribution < 1.29 is 36.3 Å². The molecular formula is C26H33F3N2O5S. The quantitative estimate of drug-likeness (QED) is 0.422. The molecule has 1 aliphatic carbocycles. The van der Waals surface area contributed by atoms with E-state index in [9.17, 15) is 26.4 Å². The van der Waals surface area contributed by atoms with Gasteiger partial charge in [0.25, 0.3) is 10.0 Å². The molecule has 0 bridgehead atoms. The molecule has 11 heteroatoms. The maximum atomic E-state index is 13.0. The van der Waals surface area contributed by atoms with Crippen LogP contribution in [0.5, 0.6) is 0 Å². The Labute approximate surface area is 215 Å². The first-order valence-electron chi connectivity index (χ1n) is 11.8. The predicted molar refractivity (Wildman–Crippen MR) is 135 cm³/mol. The van der Waals surface area contributed by atoms with Crippen LogP contribution >= 0.6 is 0 Å². The van der Waals surface area contributed by atoms with Crippen molar-refractivity contribution in [3.8, 4) is 0 Å². The Kier molecular flexibility index (Phi) is 9.40. The number of nitrogens with one attached hydrogen (secondary N) is 2. The average Bonchev–Trinajstić information content (AvgIpc) is 3.54. The van der Waals surface area contributed by atoms with Gasteiger partial charge in [-0.2, -0.15) is 13.2 Å². The third-order valence-electron chi connectivity index (χ3n) is 6.00. The number of rotatable bonds is 8.